The highest BCUT2D eigenvalue weighted by molar-refractivity contribution is 4.89. The van der Waals surface area contributed by atoms with E-state index in [4.69, 9.17) is 10.6 Å². The molecule has 3 N–H and O–H groups in total. The van der Waals surface area contributed by atoms with E-state index in [1.54, 1.807) is 0 Å². The second-order valence-electron chi connectivity index (χ2n) is 4.32. The van der Waals surface area contributed by atoms with E-state index in [1.165, 1.54) is 12.0 Å². The van der Waals surface area contributed by atoms with E-state index in [0.717, 1.165) is 32.5 Å². The third kappa shape index (κ3) is 4.22. The molecule has 0 spiro atoms. The Morgan fingerprint density at radius 2 is 2.50 bits per heavy atom. The van der Waals surface area contributed by atoms with Gasteiger partial charge in [0, 0.05) is 19.3 Å². The van der Waals surface area contributed by atoms with Crippen LogP contribution in [-0.4, -0.2) is 19.3 Å². The monoisotopic (exact) mass is 198 g/mol. The maximum absolute atomic E-state index is 5.52. The average Bonchev–Trinajstić information content (AvgIpc) is 2.64. The van der Waals surface area contributed by atoms with Crippen molar-refractivity contribution in [3.63, 3.8) is 0 Å². The molecule has 0 aromatic carbocycles. The average molecular weight is 198 g/mol. The van der Waals surface area contributed by atoms with Crippen LogP contribution in [0.1, 0.15) is 32.6 Å². The zero-order valence-electron chi connectivity index (χ0n) is 9.09. The third-order valence-electron chi connectivity index (χ3n) is 2.80. The van der Waals surface area contributed by atoms with Crippen LogP contribution in [0.15, 0.2) is 12.2 Å². The fraction of sp³-hybridized carbons (Fsp3) is 0.818. The van der Waals surface area contributed by atoms with Gasteiger partial charge in [-0.25, -0.2) is 0 Å². The molecule has 1 heterocycles. The first kappa shape index (κ1) is 11.7. The summed E-state index contributed by atoms with van der Waals surface area (Å²) in [5.41, 5.74) is 4.12. The van der Waals surface area contributed by atoms with Gasteiger partial charge in [0.05, 0.1) is 0 Å². The van der Waals surface area contributed by atoms with Gasteiger partial charge in [-0.1, -0.05) is 5.57 Å². The maximum atomic E-state index is 5.52. The lowest BCUT2D eigenvalue weighted by atomic mass is 9.95. The molecule has 0 saturated carbocycles. The summed E-state index contributed by atoms with van der Waals surface area (Å²) in [6.07, 6.45) is 4.46. The molecule has 0 amide bonds. The Labute approximate surface area is 86.7 Å². The summed E-state index contributed by atoms with van der Waals surface area (Å²) < 4.78 is 5.34. The molecular formula is C11H22N2O. The Bertz CT molecular complexity index is 176. The van der Waals surface area contributed by atoms with E-state index < -0.39 is 0 Å². The minimum atomic E-state index is 0.415. The maximum Gasteiger partial charge on any atom is 0.0495 e. The molecule has 1 aliphatic heterocycles. The van der Waals surface area contributed by atoms with Gasteiger partial charge in [0.1, 0.15) is 0 Å². The van der Waals surface area contributed by atoms with Crippen LogP contribution < -0.4 is 11.3 Å². The van der Waals surface area contributed by atoms with E-state index >= 15 is 0 Å². The van der Waals surface area contributed by atoms with Gasteiger partial charge in [0.25, 0.3) is 0 Å². The van der Waals surface area contributed by atoms with Crippen LogP contribution >= 0.6 is 0 Å². The lowest BCUT2D eigenvalue weighted by Crippen LogP contribution is -2.36. The number of hydrogen-bond donors (Lipinski definition) is 2. The van der Waals surface area contributed by atoms with Crippen molar-refractivity contribution in [3.05, 3.63) is 12.2 Å². The van der Waals surface area contributed by atoms with Crippen molar-refractivity contribution in [2.75, 3.05) is 13.2 Å². The second-order valence-corrected chi connectivity index (χ2v) is 4.32. The smallest absolute Gasteiger partial charge is 0.0495 e. The van der Waals surface area contributed by atoms with Crippen LogP contribution in [0.2, 0.25) is 0 Å². The highest BCUT2D eigenvalue weighted by Gasteiger charge is 2.19. The molecule has 0 aromatic rings. The SMILES string of the molecule is C=C(C)CCC(CC1CCOC1)NN. The fourth-order valence-electron chi connectivity index (χ4n) is 1.86. The van der Waals surface area contributed by atoms with E-state index in [1.807, 2.05) is 0 Å². The molecule has 2 unspecified atom stereocenters. The Balaban J connectivity index is 2.19. The summed E-state index contributed by atoms with van der Waals surface area (Å²) >= 11 is 0. The lowest BCUT2D eigenvalue weighted by Gasteiger charge is -2.18. The van der Waals surface area contributed by atoms with Gasteiger partial charge in [0.2, 0.25) is 0 Å². The van der Waals surface area contributed by atoms with Gasteiger partial charge in [-0.05, 0) is 38.5 Å². The molecule has 1 saturated heterocycles. The molecular weight excluding hydrogens is 176 g/mol. The number of rotatable bonds is 6. The quantitative estimate of drug-likeness (QED) is 0.387. The summed E-state index contributed by atoms with van der Waals surface area (Å²) in [6, 6.07) is 0.415. The van der Waals surface area contributed by atoms with Crippen LogP contribution in [-0.2, 0) is 4.74 Å². The highest BCUT2D eigenvalue weighted by Crippen LogP contribution is 2.20. The zero-order chi connectivity index (χ0) is 10.4. The summed E-state index contributed by atoms with van der Waals surface area (Å²) in [5.74, 6) is 6.21. The normalized spacial score (nSPS) is 23.7. The molecule has 82 valence electrons. The first-order chi connectivity index (χ1) is 6.72. The molecule has 3 heteroatoms. The van der Waals surface area contributed by atoms with E-state index in [9.17, 15) is 0 Å². The number of ether oxygens (including phenoxy) is 1. The lowest BCUT2D eigenvalue weighted by molar-refractivity contribution is 0.181. The Morgan fingerprint density at radius 1 is 1.71 bits per heavy atom. The molecule has 3 nitrogen and oxygen atoms in total. The van der Waals surface area contributed by atoms with Crippen LogP contribution in [0.3, 0.4) is 0 Å². The predicted octanol–water partition coefficient (Wildman–Crippen LogP) is 1.60. The number of nitrogens with one attached hydrogen (secondary N) is 1. The number of allylic oxidation sites excluding steroid dienone is 1. The van der Waals surface area contributed by atoms with Gasteiger partial charge < -0.3 is 4.74 Å². The summed E-state index contributed by atoms with van der Waals surface area (Å²) in [4.78, 5) is 0. The minimum absolute atomic E-state index is 0.415. The van der Waals surface area contributed by atoms with Gasteiger partial charge in [0.15, 0.2) is 0 Å². The van der Waals surface area contributed by atoms with E-state index in [-0.39, 0.29) is 0 Å². The first-order valence-corrected chi connectivity index (χ1v) is 5.40. The predicted molar refractivity (Wildman–Crippen MR) is 58.7 cm³/mol. The fourth-order valence-corrected chi connectivity index (χ4v) is 1.86. The van der Waals surface area contributed by atoms with Gasteiger partial charge in [-0.15, -0.1) is 6.58 Å². The molecule has 0 bridgehead atoms. The Hall–Kier alpha value is -0.380. The number of nitrogens with two attached hydrogens (primary N) is 1. The first-order valence-electron chi connectivity index (χ1n) is 5.40. The Kier molecular flexibility index (Phi) is 5.15. The molecule has 1 rings (SSSR count). The molecule has 1 aliphatic rings. The third-order valence-corrected chi connectivity index (χ3v) is 2.80. The minimum Gasteiger partial charge on any atom is -0.381 e. The molecule has 0 aliphatic carbocycles. The van der Waals surface area contributed by atoms with E-state index in [2.05, 4.69) is 18.9 Å². The van der Waals surface area contributed by atoms with Gasteiger partial charge in [-0.2, -0.15) is 0 Å². The van der Waals surface area contributed by atoms with Crippen LogP contribution in [0.4, 0.5) is 0 Å². The van der Waals surface area contributed by atoms with Crippen molar-refractivity contribution in [3.8, 4) is 0 Å². The van der Waals surface area contributed by atoms with Crippen LogP contribution in [0, 0.1) is 5.92 Å². The van der Waals surface area contributed by atoms with Crippen molar-refractivity contribution in [1.29, 1.82) is 0 Å². The number of hydrazine groups is 1. The van der Waals surface area contributed by atoms with Crippen molar-refractivity contribution in [1.82, 2.24) is 5.43 Å². The van der Waals surface area contributed by atoms with Gasteiger partial charge >= 0.3 is 0 Å². The summed E-state index contributed by atoms with van der Waals surface area (Å²) in [7, 11) is 0. The van der Waals surface area contributed by atoms with E-state index in [0.29, 0.717) is 12.0 Å². The molecule has 0 aromatic heterocycles. The van der Waals surface area contributed by atoms with Crippen LogP contribution in [0.5, 0.6) is 0 Å². The van der Waals surface area contributed by atoms with Crippen LogP contribution in [0.25, 0.3) is 0 Å². The molecule has 2 atom stereocenters. The molecule has 1 fully saturated rings. The summed E-state index contributed by atoms with van der Waals surface area (Å²) in [6.45, 7) is 7.79. The molecule has 0 radical (unpaired) electrons. The van der Waals surface area contributed by atoms with Crippen molar-refractivity contribution < 1.29 is 4.74 Å². The number of hydrogen-bond acceptors (Lipinski definition) is 3. The summed E-state index contributed by atoms with van der Waals surface area (Å²) in [5, 5.41) is 0. The van der Waals surface area contributed by atoms with Gasteiger partial charge in [-0.3, -0.25) is 11.3 Å². The van der Waals surface area contributed by atoms with Crippen molar-refractivity contribution in [2.24, 2.45) is 11.8 Å². The second kappa shape index (κ2) is 6.17. The highest BCUT2D eigenvalue weighted by atomic mass is 16.5. The molecule has 14 heavy (non-hydrogen) atoms. The largest absolute Gasteiger partial charge is 0.381 e. The van der Waals surface area contributed by atoms with Crippen molar-refractivity contribution in [2.45, 2.75) is 38.6 Å². The zero-order valence-corrected chi connectivity index (χ0v) is 9.09. The topological polar surface area (TPSA) is 47.3 Å². The van der Waals surface area contributed by atoms with Crippen molar-refractivity contribution >= 4 is 0 Å². The Morgan fingerprint density at radius 3 is 3.00 bits per heavy atom. The standard InChI is InChI=1S/C11H22N2O/c1-9(2)3-4-11(13-12)7-10-5-6-14-8-10/h10-11,13H,1,3-8,12H2,2H3.